The van der Waals surface area contributed by atoms with Crippen molar-refractivity contribution in [3.8, 4) is 0 Å². The average molecular weight is 371 g/mol. The van der Waals surface area contributed by atoms with Crippen molar-refractivity contribution in [1.29, 1.82) is 0 Å². The second-order valence-corrected chi connectivity index (χ2v) is 7.63. The summed E-state index contributed by atoms with van der Waals surface area (Å²) in [5, 5.41) is 5.96. The first kappa shape index (κ1) is 16.8. The largest absolute Gasteiger partial charge is 0.328 e. The Balaban J connectivity index is 1.64. The van der Waals surface area contributed by atoms with E-state index in [1.165, 1.54) is 0 Å². The van der Waals surface area contributed by atoms with E-state index in [1.807, 2.05) is 29.3 Å². The average Bonchev–Trinajstić information content (AvgIpc) is 3.34. The quantitative estimate of drug-likeness (QED) is 0.753. The van der Waals surface area contributed by atoms with E-state index in [4.69, 9.17) is 0 Å². The van der Waals surface area contributed by atoms with Gasteiger partial charge in [-0.2, -0.15) is 0 Å². The van der Waals surface area contributed by atoms with Gasteiger partial charge in [-0.15, -0.1) is 11.3 Å². The van der Waals surface area contributed by atoms with Gasteiger partial charge >= 0.3 is 11.7 Å². The number of hydrogen-bond acceptors (Lipinski definition) is 4. The molecule has 0 bridgehead atoms. The predicted molar refractivity (Wildman–Crippen MR) is 103 cm³/mol. The van der Waals surface area contributed by atoms with E-state index in [-0.39, 0.29) is 17.8 Å². The molecule has 1 aromatic carbocycles. The van der Waals surface area contributed by atoms with Crippen LogP contribution < -0.4 is 11.0 Å². The molecule has 3 aromatic rings. The maximum Gasteiger partial charge on any atom is 0.328 e. The minimum Gasteiger partial charge on any atom is -0.315 e. The first-order valence-corrected chi connectivity index (χ1v) is 9.48. The van der Waals surface area contributed by atoms with E-state index in [0.717, 1.165) is 46.7 Å². The number of rotatable bonds is 2. The number of nitrogens with one attached hydrogen (secondary N) is 1. The fourth-order valence-corrected chi connectivity index (χ4v) is 4.42. The molecule has 1 aliphatic heterocycles. The zero-order valence-corrected chi connectivity index (χ0v) is 15.8. The maximum absolute atomic E-state index is 12.9. The van der Waals surface area contributed by atoms with Crippen LogP contribution in [0, 0.1) is 6.92 Å². The number of likely N-dealkylation sites (tertiary alicyclic amines) is 1. The highest BCUT2D eigenvalue weighted by Gasteiger charge is 2.31. The van der Waals surface area contributed by atoms with Gasteiger partial charge in [0.25, 0.3) is 0 Å². The highest BCUT2D eigenvalue weighted by molar-refractivity contribution is 7.09. The van der Waals surface area contributed by atoms with Crippen LogP contribution in [0.4, 0.5) is 10.5 Å². The Morgan fingerprint density at radius 3 is 2.69 bits per heavy atom. The number of aromatic nitrogens is 3. The van der Waals surface area contributed by atoms with Crippen LogP contribution in [0.25, 0.3) is 11.0 Å². The van der Waals surface area contributed by atoms with Crippen molar-refractivity contribution in [2.45, 2.75) is 25.8 Å². The molecule has 0 aliphatic carbocycles. The first-order valence-electron chi connectivity index (χ1n) is 8.60. The molecule has 136 valence electrons. The predicted octanol–water partition coefficient (Wildman–Crippen LogP) is 3.01. The molecule has 3 heterocycles. The number of anilines is 1. The lowest BCUT2D eigenvalue weighted by Gasteiger charge is -2.24. The highest BCUT2D eigenvalue weighted by Crippen LogP contribution is 2.33. The Morgan fingerprint density at radius 1 is 1.27 bits per heavy atom. The normalized spacial score (nSPS) is 17.2. The smallest absolute Gasteiger partial charge is 0.315 e. The molecule has 4 rings (SSSR count). The zero-order chi connectivity index (χ0) is 18.4. The Bertz CT molecular complexity index is 1030. The molecule has 1 saturated heterocycles. The Morgan fingerprint density at radius 2 is 2.00 bits per heavy atom. The molecule has 2 amide bonds. The number of aryl methyl sites for hydroxylation is 3. The van der Waals surface area contributed by atoms with E-state index >= 15 is 0 Å². The van der Waals surface area contributed by atoms with Crippen molar-refractivity contribution in [2.75, 3.05) is 11.9 Å². The van der Waals surface area contributed by atoms with Gasteiger partial charge in [-0.3, -0.25) is 9.13 Å². The van der Waals surface area contributed by atoms with Crippen molar-refractivity contribution in [2.24, 2.45) is 14.1 Å². The Hall–Kier alpha value is -2.61. The standard InChI is InChI=1S/C18H21N5O2S/c1-11-9-14-15(22(3)18(25)21(14)2)10-12(11)20-17(24)23-7-4-5-13(23)16-19-6-8-26-16/h6,8-10,13H,4-5,7H2,1-3H3,(H,20,24). The topological polar surface area (TPSA) is 72.2 Å². The molecule has 1 atom stereocenters. The van der Waals surface area contributed by atoms with E-state index in [9.17, 15) is 9.59 Å². The highest BCUT2D eigenvalue weighted by atomic mass is 32.1. The van der Waals surface area contributed by atoms with E-state index in [1.54, 1.807) is 40.8 Å². The van der Waals surface area contributed by atoms with E-state index in [2.05, 4.69) is 10.3 Å². The minimum absolute atomic E-state index is 0.0418. The number of carbonyl (C=O) groups is 1. The summed E-state index contributed by atoms with van der Waals surface area (Å²) in [5.74, 6) is 0. The fraction of sp³-hybridized carbons (Fsp3) is 0.389. The molecule has 0 spiro atoms. The van der Waals surface area contributed by atoms with Crippen molar-refractivity contribution in [3.63, 3.8) is 0 Å². The third-order valence-corrected chi connectivity index (χ3v) is 5.99. The molecule has 1 N–H and O–H groups in total. The third-order valence-electron chi connectivity index (χ3n) is 5.11. The lowest BCUT2D eigenvalue weighted by Crippen LogP contribution is -2.34. The van der Waals surface area contributed by atoms with Gasteiger partial charge in [0, 0.05) is 37.9 Å². The molecule has 7 nitrogen and oxygen atoms in total. The van der Waals surface area contributed by atoms with Crippen molar-refractivity contribution < 1.29 is 4.79 Å². The van der Waals surface area contributed by atoms with Crippen LogP contribution in [0.3, 0.4) is 0 Å². The third kappa shape index (κ3) is 2.61. The summed E-state index contributed by atoms with van der Waals surface area (Å²) in [6.07, 6.45) is 3.69. The molecule has 26 heavy (non-hydrogen) atoms. The molecule has 8 heteroatoms. The number of benzene rings is 1. The molecular formula is C18H21N5O2S. The van der Waals surface area contributed by atoms with Gasteiger partial charge in [-0.1, -0.05) is 0 Å². The molecule has 1 aliphatic rings. The molecule has 2 aromatic heterocycles. The Labute approximate surface area is 154 Å². The summed E-state index contributed by atoms with van der Waals surface area (Å²) in [6.45, 7) is 2.66. The number of urea groups is 1. The van der Waals surface area contributed by atoms with Crippen LogP contribution >= 0.6 is 11.3 Å². The number of hydrogen-bond donors (Lipinski definition) is 1. The summed E-state index contributed by atoms with van der Waals surface area (Å²) in [4.78, 5) is 31.3. The fourth-order valence-electron chi connectivity index (χ4n) is 3.64. The van der Waals surface area contributed by atoms with Gasteiger partial charge in [-0.25, -0.2) is 14.6 Å². The summed E-state index contributed by atoms with van der Waals surface area (Å²) in [7, 11) is 3.50. The van der Waals surface area contributed by atoms with Crippen LogP contribution in [0.2, 0.25) is 0 Å². The van der Waals surface area contributed by atoms with Crippen LogP contribution in [0.5, 0.6) is 0 Å². The maximum atomic E-state index is 12.9. The van der Waals surface area contributed by atoms with Gasteiger partial charge in [0.15, 0.2) is 0 Å². The van der Waals surface area contributed by atoms with E-state index < -0.39 is 0 Å². The van der Waals surface area contributed by atoms with Crippen LogP contribution in [-0.2, 0) is 14.1 Å². The molecule has 1 unspecified atom stereocenters. The molecule has 0 radical (unpaired) electrons. The monoisotopic (exact) mass is 371 g/mol. The minimum atomic E-state index is -0.119. The number of nitrogens with zero attached hydrogens (tertiary/aromatic N) is 4. The zero-order valence-electron chi connectivity index (χ0n) is 15.0. The number of imidazole rings is 1. The molecular weight excluding hydrogens is 350 g/mol. The number of fused-ring (bicyclic) bond motifs is 1. The summed E-state index contributed by atoms with van der Waals surface area (Å²) in [5.41, 5.74) is 3.24. The van der Waals surface area contributed by atoms with Crippen LogP contribution in [-0.4, -0.2) is 31.6 Å². The van der Waals surface area contributed by atoms with Crippen molar-refractivity contribution >= 4 is 34.1 Å². The summed E-state index contributed by atoms with van der Waals surface area (Å²) < 4.78 is 3.21. The van der Waals surface area contributed by atoms with Gasteiger partial charge in [0.05, 0.1) is 17.1 Å². The lowest BCUT2D eigenvalue weighted by molar-refractivity contribution is 0.207. The van der Waals surface area contributed by atoms with Crippen LogP contribution in [0.15, 0.2) is 28.5 Å². The Kier molecular flexibility index (Phi) is 4.07. The first-order chi connectivity index (χ1) is 12.5. The van der Waals surface area contributed by atoms with Gasteiger partial charge < -0.3 is 10.2 Å². The van der Waals surface area contributed by atoms with Crippen molar-refractivity contribution in [1.82, 2.24) is 19.0 Å². The number of thiazole rings is 1. The second kappa shape index (κ2) is 6.28. The van der Waals surface area contributed by atoms with Gasteiger partial charge in [-0.05, 0) is 37.5 Å². The van der Waals surface area contributed by atoms with Crippen molar-refractivity contribution in [3.05, 3.63) is 44.8 Å². The number of amides is 2. The lowest BCUT2D eigenvalue weighted by atomic mass is 10.1. The SMILES string of the molecule is Cc1cc2c(cc1NC(=O)N1CCCC1c1nccs1)n(C)c(=O)n2C. The molecule has 1 fully saturated rings. The van der Waals surface area contributed by atoms with Crippen LogP contribution in [0.1, 0.15) is 29.5 Å². The van der Waals surface area contributed by atoms with Gasteiger partial charge in [0.2, 0.25) is 0 Å². The molecule has 0 saturated carbocycles. The van der Waals surface area contributed by atoms with Gasteiger partial charge in [0.1, 0.15) is 5.01 Å². The second-order valence-electron chi connectivity index (χ2n) is 6.71. The summed E-state index contributed by atoms with van der Waals surface area (Å²) >= 11 is 1.59. The van der Waals surface area contributed by atoms with E-state index in [0.29, 0.717) is 0 Å². The summed E-state index contributed by atoms with van der Waals surface area (Å²) in [6, 6.07) is 3.73. The number of carbonyl (C=O) groups excluding carboxylic acids is 1.